The zero-order chi connectivity index (χ0) is 15.4. The van der Waals surface area contributed by atoms with E-state index in [2.05, 4.69) is 41.6 Å². The van der Waals surface area contributed by atoms with Gasteiger partial charge in [-0.05, 0) is 56.1 Å². The largest absolute Gasteiger partial charge is 0.115 e. The highest BCUT2D eigenvalue weighted by Crippen LogP contribution is 2.05. The average Bonchev–Trinajstić information content (AvgIpc) is 2.50. The van der Waals surface area contributed by atoms with Gasteiger partial charge in [0.15, 0.2) is 0 Å². The van der Waals surface area contributed by atoms with E-state index in [0.717, 1.165) is 38.5 Å². The third-order valence-electron chi connectivity index (χ3n) is 2.76. The SMILES string of the molecule is C#CC=CCCCC#CC#CCCCCCCC=CC#C. The number of unbranched alkanes of at least 4 members (excludes halogenated alkanes) is 7. The van der Waals surface area contributed by atoms with Crippen LogP contribution in [0.1, 0.15) is 57.8 Å². The molecule has 0 heteroatoms. The molecule has 0 nitrogen and oxygen atoms in total. The molecule has 0 aliphatic rings. The molecule has 0 aliphatic heterocycles. The van der Waals surface area contributed by atoms with Gasteiger partial charge in [0.1, 0.15) is 0 Å². The van der Waals surface area contributed by atoms with Crippen molar-refractivity contribution in [1.82, 2.24) is 0 Å². The smallest absolute Gasteiger partial charge is 0.0102 e. The predicted octanol–water partition coefficient (Wildman–Crippen LogP) is 4.88. The van der Waals surface area contributed by atoms with Gasteiger partial charge in [-0.2, -0.15) is 0 Å². The van der Waals surface area contributed by atoms with Crippen molar-refractivity contribution >= 4 is 0 Å². The fraction of sp³-hybridized carbons (Fsp3) is 0.429. The van der Waals surface area contributed by atoms with Crippen LogP contribution in [0.5, 0.6) is 0 Å². The van der Waals surface area contributed by atoms with E-state index in [1.807, 2.05) is 6.08 Å². The van der Waals surface area contributed by atoms with E-state index in [4.69, 9.17) is 12.8 Å². The molecule has 0 aromatic heterocycles. The molecule has 0 saturated heterocycles. The van der Waals surface area contributed by atoms with Gasteiger partial charge in [-0.1, -0.05) is 48.7 Å². The first kappa shape index (κ1) is 18.7. The summed E-state index contributed by atoms with van der Waals surface area (Å²) in [6.07, 6.45) is 27.6. The first-order valence-corrected chi connectivity index (χ1v) is 7.59. The maximum absolute atomic E-state index is 5.12. The Hall–Kier alpha value is -2.28. The maximum atomic E-state index is 5.12. The molecule has 0 saturated carbocycles. The van der Waals surface area contributed by atoms with Crippen molar-refractivity contribution < 1.29 is 0 Å². The second-order valence-corrected chi connectivity index (χ2v) is 4.59. The molecule has 0 unspecified atom stereocenters. The van der Waals surface area contributed by atoms with Gasteiger partial charge in [-0.3, -0.25) is 0 Å². The van der Waals surface area contributed by atoms with Crippen LogP contribution in [-0.4, -0.2) is 0 Å². The van der Waals surface area contributed by atoms with Crippen LogP contribution in [0.15, 0.2) is 24.3 Å². The zero-order valence-electron chi connectivity index (χ0n) is 12.8. The van der Waals surface area contributed by atoms with Gasteiger partial charge in [0.25, 0.3) is 0 Å². The van der Waals surface area contributed by atoms with Crippen molar-refractivity contribution in [2.75, 3.05) is 0 Å². The van der Waals surface area contributed by atoms with Crippen LogP contribution in [0.3, 0.4) is 0 Å². The Kier molecular flexibility index (Phi) is 15.8. The normalized spacial score (nSPS) is 9.43. The van der Waals surface area contributed by atoms with Crippen LogP contribution in [0.25, 0.3) is 0 Å². The summed E-state index contributed by atoms with van der Waals surface area (Å²) < 4.78 is 0. The van der Waals surface area contributed by atoms with Crippen molar-refractivity contribution in [1.29, 1.82) is 0 Å². The third-order valence-corrected chi connectivity index (χ3v) is 2.76. The quantitative estimate of drug-likeness (QED) is 0.416. The Labute approximate surface area is 131 Å². The van der Waals surface area contributed by atoms with Gasteiger partial charge in [-0.15, -0.1) is 12.8 Å². The molecule has 0 N–H and O–H groups in total. The van der Waals surface area contributed by atoms with Gasteiger partial charge < -0.3 is 0 Å². The molecule has 0 aliphatic carbocycles. The van der Waals surface area contributed by atoms with Crippen molar-refractivity contribution in [2.24, 2.45) is 0 Å². The summed E-state index contributed by atoms with van der Waals surface area (Å²) in [4.78, 5) is 0. The fourth-order valence-corrected chi connectivity index (χ4v) is 1.65. The second-order valence-electron chi connectivity index (χ2n) is 4.59. The minimum absolute atomic E-state index is 0.884. The summed E-state index contributed by atoms with van der Waals surface area (Å²) in [6, 6.07) is 0. The Bertz CT molecular complexity index is 495. The highest BCUT2D eigenvalue weighted by Gasteiger charge is 1.86. The molecule has 0 aromatic rings. The van der Waals surface area contributed by atoms with Gasteiger partial charge in [0, 0.05) is 12.8 Å². The Morgan fingerprint density at radius 2 is 1.14 bits per heavy atom. The topological polar surface area (TPSA) is 0 Å². The molecule has 0 rings (SSSR count). The van der Waals surface area contributed by atoms with Crippen molar-refractivity contribution in [2.45, 2.75) is 57.8 Å². The van der Waals surface area contributed by atoms with Gasteiger partial charge in [0.05, 0.1) is 0 Å². The zero-order valence-corrected chi connectivity index (χ0v) is 12.8. The molecule has 0 fully saturated rings. The van der Waals surface area contributed by atoms with Crippen LogP contribution < -0.4 is 0 Å². The molecule has 0 spiro atoms. The first-order valence-electron chi connectivity index (χ1n) is 7.59. The second kappa shape index (κ2) is 17.7. The van der Waals surface area contributed by atoms with Gasteiger partial charge >= 0.3 is 0 Å². The number of hydrogen-bond donors (Lipinski definition) is 0. The van der Waals surface area contributed by atoms with E-state index in [1.54, 1.807) is 12.2 Å². The van der Waals surface area contributed by atoms with E-state index < -0.39 is 0 Å². The molecule has 21 heavy (non-hydrogen) atoms. The molecular weight excluding hydrogens is 252 g/mol. The third kappa shape index (κ3) is 17.7. The van der Waals surface area contributed by atoms with Crippen molar-refractivity contribution in [3.8, 4) is 48.4 Å². The molecular formula is C21H24. The lowest BCUT2D eigenvalue weighted by Gasteiger charge is -1.94. The summed E-state index contributed by atoms with van der Waals surface area (Å²) in [7, 11) is 0. The average molecular weight is 276 g/mol. The van der Waals surface area contributed by atoms with Gasteiger partial charge in [-0.25, -0.2) is 0 Å². The Balaban J connectivity index is 3.39. The molecule has 0 heterocycles. The highest BCUT2D eigenvalue weighted by atomic mass is 13.9. The van der Waals surface area contributed by atoms with Crippen molar-refractivity contribution in [3.63, 3.8) is 0 Å². The molecule has 0 bridgehead atoms. The molecule has 108 valence electrons. The van der Waals surface area contributed by atoms with Crippen molar-refractivity contribution in [3.05, 3.63) is 24.3 Å². The first-order chi connectivity index (χ1) is 10.4. The van der Waals surface area contributed by atoms with E-state index in [-0.39, 0.29) is 0 Å². The predicted molar refractivity (Wildman–Crippen MR) is 93.1 cm³/mol. The van der Waals surface area contributed by atoms with Crippen LogP contribution >= 0.6 is 0 Å². The summed E-state index contributed by atoms with van der Waals surface area (Å²) in [5, 5.41) is 0. The molecule has 0 atom stereocenters. The maximum Gasteiger partial charge on any atom is 0.0102 e. The summed E-state index contributed by atoms with van der Waals surface area (Å²) in [5.74, 6) is 16.9. The monoisotopic (exact) mass is 276 g/mol. The summed E-state index contributed by atoms with van der Waals surface area (Å²) in [5.41, 5.74) is 0. The lowest BCUT2D eigenvalue weighted by molar-refractivity contribution is 0.656. The van der Waals surface area contributed by atoms with E-state index in [9.17, 15) is 0 Å². The number of terminal acetylenes is 2. The van der Waals surface area contributed by atoms with E-state index in [1.165, 1.54) is 19.3 Å². The molecule has 0 amide bonds. The molecule has 0 radical (unpaired) electrons. The minimum atomic E-state index is 0.884. The number of hydrogen-bond acceptors (Lipinski definition) is 0. The lowest BCUT2D eigenvalue weighted by atomic mass is 10.1. The summed E-state index contributed by atoms with van der Waals surface area (Å²) >= 11 is 0. The Morgan fingerprint density at radius 3 is 1.76 bits per heavy atom. The van der Waals surface area contributed by atoms with Crippen LogP contribution in [0.2, 0.25) is 0 Å². The van der Waals surface area contributed by atoms with Crippen LogP contribution in [0, 0.1) is 48.4 Å². The van der Waals surface area contributed by atoms with E-state index >= 15 is 0 Å². The van der Waals surface area contributed by atoms with Crippen LogP contribution in [0.4, 0.5) is 0 Å². The van der Waals surface area contributed by atoms with Crippen LogP contribution in [-0.2, 0) is 0 Å². The molecule has 0 aromatic carbocycles. The van der Waals surface area contributed by atoms with Gasteiger partial charge in [0.2, 0.25) is 0 Å². The number of allylic oxidation sites excluding steroid dienone is 4. The highest BCUT2D eigenvalue weighted by molar-refractivity contribution is 5.25. The minimum Gasteiger partial charge on any atom is -0.115 e. The standard InChI is InChI=1S/C21H24/c1-3-5-7-9-11-13-15-17-19-21-20-18-16-14-12-10-8-6-4-2/h1-2,5-8H,9-15,17,19H2. The van der Waals surface area contributed by atoms with E-state index in [0.29, 0.717) is 0 Å². The summed E-state index contributed by atoms with van der Waals surface area (Å²) in [6.45, 7) is 0. The fourth-order valence-electron chi connectivity index (χ4n) is 1.65. The Morgan fingerprint density at radius 1 is 0.619 bits per heavy atom. The lowest BCUT2D eigenvalue weighted by Crippen LogP contribution is -1.76. The number of rotatable bonds is 9.